The van der Waals surface area contributed by atoms with Gasteiger partial charge in [-0.1, -0.05) is 0 Å². The number of amides is 1. The smallest absolute Gasteiger partial charge is 0.285 e. The maximum Gasteiger partial charge on any atom is 0.285 e. The maximum atomic E-state index is 11.5. The third-order valence-corrected chi connectivity index (χ3v) is 1.55. The van der Waals surface area contributed by atoms with E-state index in [0.717, 1.165) is 6.54 Å². The lowest BCUT2D eigenvalue weighted by atomic mass is 10.4. The summed E-state index contributed by atoms with van der Waals surface area (Å²) in [6.45, 7) is 2.70. The maximum absolute atomic E-state index is 11.5. The van der Waals surface area contributed by atoms with Gasteiger partial charge in [0.15, 0.2) is 0 Å². The molecule has 0 aromatic carbocycles. The van der Waals surface area contributed by atoms with Gasteiger partial charge in [0.1, 0.15) is 11.5 Å². The van der Waals surface area contributed by atoms with Crippen molar-refractivity contribution in [1.82, 2.24) is 20.4 Å². The van der Waals surface area contributed by atoms with Crippen LogP contribution in [0.1, 0.15) is 17.4 Å². The molecule has 2 N–H and O–H groups in total. The van der Waals surface area contributed by atoms with Crippen molar-refractivity contribution in [3.63, 3.8) is 0 Å². The van der Waals surface area contributed by atoms with Crippen LogP contribution in [-0.4, -0.2) is 41.5 Å². The van der Waals surface area contributed by atoms with Gasteiger partial charge in [-0.3, -0.25) is 15.2 Å². The highest BCUT2D eigenvalue weighted by Crippen LogP contribution is 2.01. The summed E-state index contributed by atoms with van der Waals surface area (Å²) in [4.78, 5) is 19.6. The van der Waals surface area contributed by atoms with Crippen LogP contribution in [-0.2, 0) is 0 Å². The van der Waals surface area contributed by atoms with Crippen molar-refractivity contribution in [3.05, 3.63) is 18.1 Å². The fourth-order valence-corrected chi connectivity index (χ4v) is 1.00. The normalized spacial score (nSPS) is 10.1. The Balaban J connectivity index is 2.76. The summed E-state index contributed by atoms with van der Waals surface area (Å²) in [6.07, 6.45) is 3.01. The molecule has 15 heavy (non-hydrogen) atoms. The van der Waals surface area contributed by atoms with E-state index in [1.165, 1.54) is 6.20 Å². The van der Waals surface area contributed by atoms with Gasteiger partial charge in [-0.15, -0.1) is 0 Å². The minimum absolute atomic E-state index is 0.271. The summed E-state index contributed by atoms with van der Waals surface area (Å²) >= 11 is 0. The first kappa shape index (κ1) is 11.4. The zero-order chi connectivity index (χ0) is 11.3. The molecule has 1 heterocycles. The van der Waals surface area contributed by atoms with Crippen molar-refractivity contribution >= 4 is 11.7 Å². The van der Waals surface area contributed by atoms with E-state index in [2.05, 4.69) is 20.7 Å². The third-order valence-electron chi connectivity index (χ3n) is 1.55. The van der Waals surface area contributed by atoms with Crippen molar-refractivity contribution < 1.29 is 4.79 Å². The fraction of sp³-hybridized carbons (Fsp3) is 0.444. The van der Waals surface area contributed by atoms with Crippen LogP contribution in [0.3, 0.4) is 0 Å². The van der Waals surface area contributed by atoms with Crippen LogP contribution >= 0.6 is 0 Å². The van der Waals surface area contributed by atoms with Gasteiger partial charge in [-0.25, -0.2) is 9.99 Å². The van der Waals surface area contributed by atoms with E-state index in [1.807, 2.05) is 6.92 Å². The average molecular weight is 209 g/mol. The van der Waals surface area contributed by atoms with E-state index in [4.69, 9.17) is 0 Å². The SMILES string of the molecule is CCNc1cncc(C(=O)NN(C)C)n1. The Kier molecular flexibility index (Phi) is 3.99. The Morgan fingerprint density at radius 1 is 1.47 bits per heavy atom. The highest BCUT2D eigenvalue weighted by atomic mass is 16.2. The molecule has 0 atom stereocenters. The Morgan fingerprint density at radius 3 is 2.80 bits per heavy atom. The lowest BCUT2D eigenvalue weighted by Crippen LogP contribution is -2.36. The predicted octanol–water partition coefficient (Wildman–Crippen LogP) is 0.115. The van der Waals surface area contributed by atoms with Crippen LogP contribution in [0.5, 0.6) is 0 Å². The van der Waals surface area contributed by atoms with E-state index >= 15 is 0 Å². The van der Waals surface area contributed by atoms with Gasteiger partial charge in [0, 0.05) is 20.6 Å². The van der Waals surface area contributed by atoms with E-state index in [9.17, 15) is 4.79 Å². The molecule has 0 saturated carbocycles. The molecule has 6 heteroatoms. The molecule has 0 unspecified atom stereocenters. The molecule has 0 bridgehead atoms. The Hall–Kier alpha value is -1.69. The molecule has 0 aliphatic rings. The number of hydrogen-bond donors (Lipinski definition) is 2. The molecule has 0 fully saturated rings. The highest BCUT2D eigenvalue weighted by molar-refractivity contribution is 5.91. The first-order chi connectivity index (χ1) is 7.13. The Morgan fingerprint density at radius 2 is 2.20 bits per heavy atom. The Labute approximate surface area is 88.7 Å². The number of nitrogens with zero attached hydrogens (tertiary/aromatic N) is 3. The summed E-state index contributed by atoms with van der Waals surface area (Å²) in [6, 6.07) is 0. The summed E-state index contributed by atoms with van der Waals surface area (Å²) in [5.41, 5.74) is 2.89. The van der Waals surface area contributed by atoms with Gasteiger partial charge >= 0.3 is 0 Å². The molecule has 1 aromatic rings. The molecule has 1 amide bonds. The van der Waals surface area contributed by atoms with Crippen molar-refractivity contribution in [2.24, 2.45) is 0 Å². The van der Waals surface area contributed by atoms with Crippen molar-refractivity contribution in [3.8, 4) is 0 Å². The lowest BCUT2D eigenvalue weighted by molar-refractivity contribution is 0.0851. The van der Waals surface area contributed by atoms with E-state index in [1.54, 1.807) is 25.3 Å². The van der Waals surface area contributed by atoms with Crippen LogP contribution in [0, 0.1) is 0 Å². The number of carbonyl (C=O) groups is 1. The molecule has 0 aliphatic heterocycles. The number of aromatic nitrogens is 2. The lowest BCUT2D eigenvalue weighted by Gasteiger charge is -2.11. The van der Waals surface area contributed by atoms with Gasteiger partial charge < -0.3 is 5.32 Å². The molecule has 6 nitrogen and oxygen atoms in total. The van der Waals surface area contributed by atoms with Gasteiger partial charge in [-0.2, -0.15) is 0 Å². The van der Waals surface area contributed by atoms with Crippen LogP contribution < -0.4 is 10.7 Å². The topological polar surface area (TPSA) is 70.2 Å². The third kappa shape index (κ3) is 3.51. The standard InChI is InChI=1S/C9H15N5O/c1-4-11-8-6-10-5-7(12-8)9(15)13-14(2)3/h5-6H,4H2,1-3H3,(H,11,12)(H,13,15). The second kappa shape index (κ2) is 5.26. The molecule has 1 rings (SSSR count). The summed E-state index contributed by atoms with van der Waals surface area (Å²) in [5, 5.41) is 4.55. The number of anilines is 1. The molecule has 82 valence electrons. The first-order valence-electron chi connectivity index (χ1n) is 4.67. The van der Waals surface area contributed by atoms with E-state index < -0.39 is 0 Å². The molecule has 0 saturated heterocycles. The van der Waals surface area contributed by atoms with Crippen molar-refractivity contribution in [2.45, 2.75) is 6.92 Å². The van der Waals surface area contributed by atoms with Crippen LogP contribution in [0.2, 0.25) is 0 Å². The summed E-state index contributed by atoms with van der Waals surface area (Å²) in [7, 11) is 3.47. The quantitative estimate of drug-likeness (QED) is 0.689. The summed E-state index contributed by atoms with van der Waals surface area (Å²) < 4.78 is 0. The zero-order valence-corrected chi connectivity index (χ0v) is 9.11. The Bertz CT molecular complexity index is 339. The van der Waals surface area contributed by atoms with Gasteiger partial charge in [0.05, 0.1) is 12.4 Å². The van der Waals surface area contributed by atoms with Gasteiger partial charge in [0.25, 0.3) is 5.91 Å². The van der Waals surface area contributed by atoms with Gasteiger partial charge in [0.2, 0.25) is 0 Å². The fourth-order valence-electron chi connectivity index (χ4n) is 1.00. The van der Waals surface area contributed by atoms with E-state index in [-0.39, 0.29) is 5.91 Å². The van der Waals surface area contributed by atoms with Gasteiger partial charge in [-0.05, 0) is 6.92 Å². The molecular weight excluding hydrogens is 194 g/mol. The zero-order valence-electron chi connectivity index (χ0n) is 9.11. The second-order valence-electron chi connectivity index (χ2n) is 3.16. The minimum atomic E-state index is -0.271. The number of carbonyl (C=O) groups excluding carboxylic acids is 1. The monoisotopic (exact) mass is 209 g/mol. The number of rotatable bonds is 4. The number of hydrazine groups is 1. The van der Waals surface area contributed by atoms with Crippen LogP contribution in [0.15, 0.2) is 12.4 Å². The van der Waals surface area contributed by atoms with Crippen molar-refractivity contribution in [1.29, 1.82) is 0 Å². The largest absolute Gasteiger partial charge is 0.369 e. The molecular formula is C9H15N5O. The van der Waals surface area contributed by atoms with Crippen molar-refractivity contribution in [2.75, 3.05) is 26.0 Å². The molecule has 0 spiro atoms. The van der Waals surface area contributed by atoms with E-state index in [0.29, 0.717) is 11.5 Å². The average Bonchev–Trinajstić information content (AvgIpc) is 2.17. The molecule has 0 aliphatic carbocycles. The first-order valence-corrected chi connectivity index (χ1v) is 4.67. The summed E-state index contributed by atoms with van der Waals surface area (Å²) in [5.74, 6) is 0.330. The molecule has 0 radical (unpaired) electrons. The number of nitrogens with one attached hydrogen (secondary N) is 2. The van der Waals surface area contributed by atoms with Crippen LogP contribution in [0.4, 0.5) is 5.82 Å². The number of hydrogen-bond acceptors (Lipinski definition) is 5. The second-order valence-corrected chi connectivity index (χ2v) is 3.16. The minimum Gasteiger partial charge on any atom is -0.369 e. The molecule has 1 aromatic heterocycles. The highest BCUT2D eigenvalue weighted by Gasteiger charge is 2.08. The van der Waals surface area contributed by atoms with Crippen LogP contribution in [0.25, 0.3) is 0 Å². The predicted molar refractivity (Wildman–Crippen MR) is 57.3 cm³/mol.